The van der Waals surface area contributed by atoms with E-state index in [4.69, 9.17) is 0 Å². The molecule has 2 aromatic rings. The molecular formula is C33H40BrN3O4S. The molecule has 3 aliphatic heterocycles. The predicted molar refractivity (Wildman–Crippen MR) is 174 cm³/mol. The number of hydrogen-bond acceptors (Lipinski definition) is 5. The van der Waals surface area contributed by atoms with Crippen LogP contribution in [0, 0.1) is 11.8 Å². The Morgan fingerprint density at radius 1 is 1.14 bits per heavy atom. The number of nitrogens with zero attached hydrogens (tertiary/aromatic N) is 3. The summed E-state index contributed by atoms with van der Waals surface area (Å²) in [5.74, 6) is -1.66. The maximum Gasteiger partial charge on any atom is 0.251 e. The van der Waals surface area contributed by atoms with Gasteiger partial charge in [-0.15, -0.1) is 24.9 Å². The van der Waals surface area contributed by atoms with Crippen LogP contribution in [-0.4, -0.2) is 85.8 Å². The molecule has 3 fully saturated rings. The van der Waals surface area contributed by atoms with E-state index in [-0.39, 0.29) is 41.0 Å². The highest BCUT2D eigenvalue weighted by Gasteiger charge is 2.76. The number of fused-ring (bicyclic) bond motifs is 2. The number of amides is 3. The number of hydrogen-bond donors (Lipinski definition) is 1. The zero-order valence-electron chi connectivity index (χ0n) is 24.3. The van der Waals surface area contributed by atoms with E-state index in [2.05, 4.69) is 29.1 Å². The molecule has 3 heterocycles. The molecule has 3 saturated heterocycles. The average molecular weight is 655 g/mol. The van der Waals surface area contributed by atoms with Gasteiger partial charge in [-0.05, 0) is 42.2 Å². The summed E-state index contributed by atoms with van der Waals surface area (Å²) < 4.78 is -0.793. The van der Waals surface area contributed by atoms with Gasteiger partial charge in [0.2, 0.25) is 11.8 Å². The standard InChI is InChI=1S/C33H40BrN3O4S/c1-5-15-35(16-6-2)30(39)26-27-31(40)37(23(8-4)20-38)29(33(27)19-25(34)28(26)42-33)32(41)36(17-7-3)24-14-13-21-11-9-10-12-22(21)18-24/h5,7,9-14,18,23,25-29,38H,1,3,6,8,15-17,19-20H2,2,4H3/t23-,25?,26+,27-,28+,29?,33?/m0/s1. The molecule has 5 rings (SSSR count). The van der Waals surface area contributed by atoms with Gasteiger partial charge in [0, 0.05) is 35.4 Å². The number of anilines is 1. The van der Waals surface area contributed by atoms with Gasteiger partial charge < -0.3 is 19.8 Å². The monoisotopic (exact) mass is 653 g/mol. The van der Waals surface area contributed by atoms with Crippen LogP contribution in [0.1, 0.15) is 33.1 Å². The third-order valence-corrected chi connectivity index (χ3v) is 12.3. The number of alkyl halides is 1. The lowest BCUT2D eigenvalue weighted by Gasteiger charge is -2.40. The van der Waals surface area contributed by atoms with E-state index in [1.54, 1.807) is 38.6 Å². The van der Waals surface area contributed by atoms with Gasteiger partial charge in [0.15, 0.2) is 0 Å². The lowest BCUT2D eigenvalue weighted by molar-refractivity contribution is -0.145. The summed E-state index contributed by atoms with van der Waals surface area (Å²) in [6, 6.07) is 12.6. The molecule has 7 atom stereocenters. The summed E-state index contributed by atoms with van der Waals surface area (Å²) >= 11 is 5.48. The molecule has 224 valence electrons. The van der Waals surface area contributed by atoms with Crippen molar-refractivity contribution in [2.45, 2.75) is 60.0 Å². The topological polar surface area (TPSA) is 81.2 Å². The van der Waals surface area contributed by atoms with Crippen molar-refractivity contribution in [3.63, 3.8) is 0 Å². The van der Waals surface area contributed by atoms with E-state index in [1.165, 1.54) is 0 Å². The van der Waals surface area contributed by atoms with E-state index in [0.29, 0.717) is 25.9 Å². The molecule has 7 nitrogen and oxygen atoms in total. The summed E-state index contributed by atoms with van der Waals surface area (Å²) in [5, 5.41) is 12.4. The Morgan fingerprint density at radius 3 is 2.50 bits per heavy atom. The molecular weight excluding hydrogens is 614 g/mol. The average Bonchev–Trinajstić information content (AvgIpc) is 3.59. The van der Waals surface area contributed by atoms with Crippen molar-refractivity contribution in [1.82, 2.24) is 9.80 Å². The van der Waals surface area contributed by atoms with E-state index < -0.39 is 28.7 Å². The molecule has 2 bridgehead atoms. The van der Waals surface area contributed by atoms with Crippen molar-refractivity contribution in [1.29, 1.82) is 0 Å². The second-order valence-electron chi connectivity index (χ2n) is 11.5. The number of aliphatic hydroxyl groups excluding tert-OH is 1. The van der Waals surface area contributed by atoms with E-state index >= 15 is 0 Å². The Labute approximate surface area is 261 Å². The van der Waals surface area contributed by atoms with Crippen LogP contribution < -0.4 is 4.90 Å². The van der Waals surface area contributed by atoms with Crippen molar-refractivity contribution < 1.29 is 19.5 Å². The van der Waals surface area contributed by atoms with Crippen molar-refractivity contribution in [3.05, 3.63) is 67.8 Å². The Balaban J connectivity index is 1.61. The highest BCUT2D eigenvalue weighted by atomic mass is 79.9. The minimum atomic E-state index is -0.828. The molecule has 0 radical (unpaired) electrons. The quantitative estimate of drug-likeness (QED) is 0.257. The second kappa shape index (κ2) is 12.5. The van der Waals surface area contributed by atoms with Crippen LogP contribution in [-0.2, 0) is 14.4 Å². The van der Waals surface area contributed by atoms with Gasteiger partial charge in [-0.3, -0.25) is 14.4 Å². The van der Waals surface area contributed by atoms with Crippen LogP contribution in [0.5, 0.6) is 0 Å². The molecule has 0 saturated carbocycles. The first-order chi connectivity index (χ1) is 20.3. The highest BCUT2D eigenvalue weighted by molar-refractivity contribution is 9.09. The third kappa shape index (κ3) is 4.91. The van der Waals surface area contributed by atoms with Crippen molar-refractivity contribution in [3.8, 4) is 0 Å². The first-order valence-electron chi connectivity index (χ1n) is 14.8. The lowest BCUT2D eigenvalue weighted by atomic mass is 9.70. The van der Waals surface area contributed by atoms with E-state index in [0.717, 1.165) is 22.9 Å². The highest BCUT2D eigenvalue weighted by Crippen LogP contribution is 2.68. The SMILES string of the molecule is C=CCN(CCC)C(=O)[C@H]1[C@@H]2SC3(CC2Br)C(C(=O)N(CC=C)c2ccc4ccccc4c2)N([C@@H](CC)CO)C(=O)[C@H]13. The summed E-state index contributed by atoms with van der Waals surface area (Å²) in [5.41, 5.74) is 0.726. The van der Waals surface area contributed by atoms with Gasteiger partial charge in [-0.2, -0.15) is 0 Å². The summed E-state index contributed by atoms with van der Waals surface area (Å²) in [6.07, 6.45) is 5.30. The van der Waals surface area contributed by atoms with Crippen LogP contribution >= 0.6 is 27.7 Å². The van der Waals surface area contributed by atoms with Gasteiger partial charge >= 0.3 is 0 Å². The molecule has 2 aromatic carbocycles. The maximum atomic E-state index is 14.9. The zero-order valence-corrected chi connectivity index (χ0v) is 26.7. The molecule has 3 unspecified atom stereocenters. The summed E-state index contributed by atoms with van der Waals surface area (Å²) in [7, 11) is 0. The summed E-state index contributed by atoms with van der Waals surface area (Å²) in [6.45, 7) is 12.7. The largest absolute Gasteiger partial charge is 0.394 e. The molecule has 3 amide bonds. The molecule has 9 heteroatoms. The molecule has 42 heavy (non-hydrogen) atoms. The van der Waals surface area contributed by atoms with E-state index in [1.807, 2.05) is 56.3 Å². The van der Waals surface area contributed by atoms with Crippen LogP contribution in [0.3, 0.4) is 0 Å². The second-order valence-corrected chi connectivity index (χ2v) is 14.2. The molecule has 1 N–H and O–H groups in total. The molecule has 0 aliphatic carbocycles. The van der Waals surface area contributed by atoms with Crippen LogP contribution in [0.4, 0.5) is 5.69 Å². The number of carbonyl (C=O) groups excluding carboxylic acids is 3. The molecule has 3 aliphatic rings. The van der Waals surface area contributed by atoms with Gasteiger partial charge in [0.1, 0.15) is 6.04 Å². The van der Waals surface area contributed by atoms with Gasteiger partial charge in [-0.1, -0.05) is 72.3 Å². The molecule has 1 spiro atoms. The number of aliphatic hydroxyl groups is 1. The normalized spacial score (nSPS) is 28.5. The van der Waals surface area contributed by atoms with Gasteiger partial charge in [-0.25, -0.2) is 0 Å². The smallest absolute Gasteiger partial charge is 0.251 e. The first kappa shape index (κ1) is 30.8. The predicted octanol–water partition coefficient (Wildman–Crippen LogP) is 5.02. The number of carbonyl (C=O) groups is 3. The Bertz CT molecular complexity index is 1380. The fraction of sp³-hybridized carbons (Fsp3) is 0.485. The number of likely N-dealkylation sites (tertiary alicyclic amines) is 1. The summed E-state index contributed by atoms with van der Waals surface area (Å²) in [4.78, 5) is 48.6. The maximum absolute atomic E-state index is 14.9. The minimum absolute atomic E-state index is 0.0225. The fourth-order valence-corrected chi connectivity index (χ4v) is 10.9. The Hall–Kier alpha value is -2.62. The van der Waals surface area contributed by atoms with Gasteiger partial charge in [0.05, 0.1) is 29.2 Å². The number of halogens is 1. The Morgan fingerprint density at radius 2 is 1.86 bits per heavy atom. The fourth-order valence-electron chi connectivity index (χ4n) is 7.31. The van der Waals surface area contributed by atoms with Crippen molar-refractivity contribution in [2.24, 2.45) is 11.8 Å². The zero-order chi connectivity index (χ0) is 30.2. The number of rotatable bonds is 12. The van der Waals surface area contributed by atoms with Crippen molar-refractivity contribution >= 4 is 61.9 Å². The van der Waals surface area contributed by atoms with Gasteiger partial charge in [0.25, 0.3) is 5.91 Å². The Kier molecular flexibility index (Phi) is 9.21. The van der Waals surface area contributed by atoms with Crippen LogP contribution in [0.25, 0.3) is 10.8 Å². The third-order valence-electron chi connectivity index (χ3n) is 9.10. The van der Waals surface area contributed by atoms with Crippen molar-refractivity contribution in [2.75, 3.05) is 31.1 Å². The number of benzene rings is 2. The van der Waals surface area contributed by atoms with E-state index in [9.17, 15) is 19.5 Å². The van der Waals surface area contributed by atoms with Crippen LogP contribution in [0.2, 0.25) is 0 Å². The first-order valence-corrected chi connectivity index (χ1v) is 16.6. The molecule has 0 aromatic heterocycles. The minimum Gasteiger partial charge on any atom is -0.394 e. The number of thioether (sulfide) groups is 1. The lowest BCUT2D eigenvalue weighted by Crippen LogP contribution is -2.58. The van der Waals surface area contributed by atoms with Crippen LogP contribution in [0.15, 0.2) is 67.8 Å².